The fraction of sp³-hybridized carbons (Fsp3) is 0. The lowest BCUT2D eigenvalue weighted by atomic mass is 10.2. The molecular formula is C13H15N. The lowest BCUT2D eigenvalue weighted by Gasteiger charge is -1.97. The first kappa shape index (κ1) is 12.1. The van der Waals surface area contributed by atoms with Gasteiger partial charge in [0.25, 0.3) is 0 Å². The normalized spacial score (nSPS) is 10.0. The van der Waals surface area contributed by atoms with Gasteiger partial charge in [-0.1, -0.05) is 56.7 Å². The molecule has 0 amide bonds. The van der Waals surface area contributed by atoms with Gasteiger partial charge in [0.1, 0.15) is 0 Å². The lowest BCUT2D eigenvalue weighted by Crippen LogP contribution is -1.80. The first-order valence-corrected chi connectivity index (χ1v) is 4.23. The Balaban J connectivity index is 5.13. The van der Waals surface area contributed by atoms with Gasteiger partial charge in [0.2, 0.25) is 0 Å². The third kappa shape index (κ3) is 4.21. The molecule has 0 N–H and O–H groups in total. The molecule has 72 valence electrons. The first-order valence-electron chi connectivity index (χ1n) is 4.23. The minimum Gasteiger partial charge on any atom is -0.256 e. The van der Waals surface area contributed by atoms with E-state index in [-0.39, 0.29) is 0 Å². The van der Waals surface area contributed by atoms with Crippen LogP contribution < -0.4 is 0 Å². The molecular weight excluding hydrogens is 170 g/mol. The summed E-state index contributed by atoms with van der Waals surface area (Å²) in [6, 6.07) is 0. The van der Waals surface area contributed by atoms with Gasteiger partial charge in [0.15, 0.2) is 0 Å². The van der Waals surface area contributed by atoms with Crippen molar-refractivity contribution in [2.45, 2.75) is 0 Å². The van der Waals surface area contributed by atoms with E-state index in [2.05, 4.69) is 31.3 Å². The molecule has 0 unspecified atom stereocenters. The van der Waals surface area contributed by atoms with Crippen LogP contribution in [0.1, 0.15) is 0 Å². The maximum Gasteiger partial charge on any atom is 0.0701 e. The summed E-state index contributed by atoms with van der Waals surface area (Å²) in [6.45, 7) is 14.5. The van der Waals surface area contributed by atoms with Gasteiger partial charge in [-0.15, -0.1) is 0 Å². The number of hydrogen-bond acceptors (Lipinski definition) is 1. The molecule has 0 bridgehead atoms. The highest BCUT2D eigenvalue weighted by Crippen LogP contribution is 2.09. The second kappa shape index (κ2) is 7.74. The summed E-state index contributed by atoms with van der Waals surface area (Å²) in [5, 5.41) is 0. The van der Waals surface area contributed by atoms with E-state index in [4.69, 9.17) is 0 Å². The fourth-order valence-corrected chi connectivity index (χ4v) is 0.798. The van der Waals surface area contributed by atoms with Crippen LogP contribution in [0.3, 0.4) is 0 Å². The molecule has 0 heterocycles. The number of aliphatic imine (C=N–C) groups is 1. The van der Waals surface area contributed by atoms with E-state index in [9.17, 15) is 0 Å². The van der Waals surface area contributed by atoms with Crippen LogP contribution >= 0.6 is 0 Å². The summed E-state index contributed by atoms with van der Waals surface area (Å²) < 4.78 is 0. The van der Waals surface area contributed by atoms with Gasteiger partial charge in [0.05, 0.1) is 5.70 Å². The van der Waals surface area contributed by atoms with E-state index in [1.165, 1.54) is 0 Å². The third-order valence-corrected chi connectivity index (χ3v) is 1.44. The zero-order valence-corrected chi connectivity index (χ0v) is 8.32. The predicted octanol–water partition coefficient (Wildman–Crippen LogP) is 3.61. The van der Waals surface area contributed by atoms with Crippen LogP contribution in [0.4, 0.5) is 0 Å². The van der Waals surface area contributed by atoms with Gasteiger partial charge in [-0.05, 0) is 11.6 Å². The van der Waals surface area contributed by atoms with Gasteiger partial charge in [-0.25, -0.2) is 0 Å². The number of allylic oxidation sites excluding steroid dienone is 7. The van der Waals surface area contributed by atoms with Crippen molar-refractivity contribution in [2.24, 2.45) is 4.99 Å². The smallest absolute Gasteiger partial charge is 0.0701 e. The molecule has 0 aliphatic rings. The van der Waals surface area contributed by atoms with Crippen LogP contribution in [0, 0.1) is 0 Å². The van der Waals surface area contributed by atoms with Gasteiger partial charge in [0, 0.05) is 6.21 Å². The topological polar surface area (TPSA) is 12.4 Å². The largest absolute Gasteiger partial charge is 0.256 e. The van der Waals surface area contributed by atoms with E-state index in [0.29, 0.717) is 0 Å². The zero-order chi connectivity index (χ0) is 10.8. The van der Waals surface area contributed by atoms with E-state index < -0.39 is 0 Å². The Labute approximate surface area is 85.9 Å². The second-order valence-electron chi connectivity index (χ2n) is 2.36. The van der Waals surface area contributed by atoms with Crippen LogP contribution in [-0.2, 0) is 0 Å². The molecule has 0 aromatic rings. The summed E-state index contributed by atoms with van der Waals surface area (Å²) in [4.78, 5) is 4.18. The van der Waals surface area contributed by atoms with Crippen molar-refractivity contribution in [3.05, 3.63) is 74.0 Å². The monoisotopic (exact) mass is 185 g/mol. The average Bonchev–Trinajstić information content (AvgIpc) is 2.22. The van der Waals surface area contributed by atoms with E-state index in [0.717, 1.165) is 11.3 Å². The molecule has 0 rings (SSSR count). The Morgan fingerprint density at radius 3 is 2.00 bits per heavy atom. The van der Waals surface area contributed by atoms with Crippen LogP contribution in [0.15, 0.2) is 79.0 Å². The number of hydrogen-bond donors (Lipinski definition) is 0. The molecule has 0 saturated carbocycles. The molecule has 0 atom stereocenters. The Kier molecular flexibility index (Phi) is 6.70. The van der Waals surface area contributed by atoms with E-state index >= 15 is 0 Å². The van der Waals surface area contributed by atoms with Crippen molar-refractivity contribution in [1.82, 2.24) is 0 Å². The summed E-state index contributed by atoms with van der Waals surface area (Å²) >= 11 is 0. The molecule has 0 radical (unpaired) electrons. The Bertz CT molecular complexity index is 284. The molecule has 14 heavy (non-hydrogen) atoms. The standard InChI is InChI=1S/C13H15N/c1-5-9-10-13(14-11-6-2)12(7-3)8-4/h5-11H,1-4H2/b10-9-,14-11?. The highest BCUT2D eigenvalue weighted by Gasteiger charge is 1.92. The molecule has 1 heteroatoms. The van der Waals surface area contributed by atoms with E-state index in [1.807, 2.05) is 12.2 Å². The van der Waals surface area contributed by atoms with E-state index in [1.54, 1.807) is 30.5 Å². The highest BCUT2D eigenvalue weighted by atomic mass is 14.7. The molecule has 0 aliphatic carbocycles. The van der Waals surface area contributed by atoms with Crippen LogP contribution in [-0.4, -0.2) is 6.21 Å². The van der Waals surface area contributed by atoms with Crippen molar-refractivity contribution in [1.29, 1.82) is 0 Å². The molecule has 0 aliphatic heterocycles. The quantitative estimate of drug-likeness (QED) is 0.443. The maximum absolute atomic E-state index is 4.18. The van der Waals surface area contributed by atoms with Crippen molar-refractivity contribution in [2.75, 3.05) is 0 Å². The van der Waals surface area contributed by atoms with Gasteiger partial charge in [-0.2, -0.15) is 0 Å². The third-order valence-electron chi connectivity index (χ3n) is 1.44. The van der Waals surface area contributed by atoms with Crippen molar-refractivity contribution in [3.8, 4) is 0 Å². The summed E-state index contributed by atoms with van der Waals surface area (Å²) in [7, 11) is 0. The summed E-state index contributed by atoms with van der Waals surface area (Å²) in [5.74, 6) is 0. The maximum atomic E-state index is 4.18. The molecule has 0 aromatic carbocycles. The number of rotatable bonds is 6. The van der Waals surface area contributed by atoms with Crippen molar-refractivity contribution in [3.63, 3.8) is 0 Å². The van der Waals surface area contributed by atoms with Gasteiger partial charge in [-0.3, -0.25) is 4.99 Å². The SMILES string of the molecule is C=CC=NC(/C=C\C=C)=C(C=C)C=C. The number of nitrogens with zero attached hydrogens (tertiary/aromatic N) is 1. The van der Waals surface area contributed by atoms with Crippen LogP contribution in [0.25, 0.3) is 0 Å². The summed E-state index contributed by atoms with van der Waals surface area (Å²) in [6.07, 6.45) is 12.0. The minimum absolute atomic E-state index is 0.787. The zero-order valence-electron chi connectivity index (χ0n) is 8.32. The van der Waals surface area contributed by atoms with Crippen LogP contribution in [0.2, 0.25) is 0 Å². The Morgan fingerprint density at radius 1 is 0.929 bits per heavy atom. The average molecular weight is 185 g/mol. The molecule has 0 saturated heterocycles. The van der Waals surface area contributed by atoms with Gasteiger partial charge >= 0.3 is 0 Å². The molecule has 0 fully saturated rings. The molecule has 0 spiro atoms. The van der Waals surface area contributed by atoms with Gasteiger partial charge < -0.3 is 0 Å². The summed E-state index contributed by atoms with van der Waals surface area (Å²) in [5.41, 5.74) is 1.66. The van der Waals surface area contributed by atoms with Crippen molar-refractivity contribution < 1.29 is 0 Å². The second-order valence-corrected chi connectivity index (χ2v) is 2.36. The van der Waals surface area contributed by atoms with Crippen molar-refractivity contribution >= 4 is 6.21 Å². The Morgan fingerprint density at radius 2 is 1.57 bits per heavy atom. The Hall–Kier alpha value is -1.89. The van der Waals surface area contributed by atoms with Crippen LogP contribution in [0.5, 0.6) is 0 Å². The molecule has 0 aromatic heterocycles. The minimum atomic E-state index is 0.787. The predicted molar refractivity (Wildman–Crippen MR) is 65.4 cm³/mol. The molecule has 1 nitrogen and oxygen atoms in total. The first-order chi connectivity index (χ1) is 6.79. The highest BCUT2D eigenvalue weighted by molar-refractivity contribution is 5.72. The fourth-order valence-electron chi connectivity index (χ4n) is 0.798. The lowest BCUT2D eigenvalue weighted by molar-refractivity contribution is 1.38.